The van der Waals surface area contributed by atoms with E-state index in [1.165, 1.54) is 0 Å². The molecule has 0 spiro atoms. The van der Waals surface area contributed by atoms with E-state index in [0.717, 1.165) is 15.6 Å². The van der Waals surface area contributed by atoms with E-state index in [9.17, 15) is 0 Å². The van der Waals surface area contributed by atoms with Gasteiger partial charge in [-0.15, -0.1) is 0 Å². The molecule has 0 aliphatic heterocycles. The molecule has 2 N–H and O–H groups in total. The van der Waals surface area contributed by atoms with Crippen LogP contribution in [0.3, 0.4) is 0 Å². The van der Waals surface area contributed by atoms with Crippen LogP contribution in [-0.4, -0.2) is 4.98 Å². The minimum absolute atomic E-state index is 0.479. The first-order valence-electron chi connectivity index (χ1n) is 4.34. The molecule has 0 saturated heterocycles. The molecule has 2 aromatic rings. The van der Waals surface area contributed by atoms with Gasteiger partial charge in [0.15, 0.2) is 0 Å². The van der Waals surface area contributed by atoms with Gasteiger partial charge in [0.05, 0.1) is 4.47 Å². The van der Waals surface area contributed by atoms with Crippen molar-refractivity contribution in [3.63, 3.8) is 0 Å². The van der Waals surface area contributed by atoms with Crippen molar-refractivity contribution in [3.05, 3.63) is 46.0 Å². The number of hydrogen-bond donors (Lipinski definition) is 1. The predicted molar refractivity (Wildman–Crippen MR) is 66.8 cm³/mol. The third-order valence-corrected chi connectivity index (χ3v) is 3.12. The van der Waals surface area contributed by atoms with Crippen molar-refractivity contribution in [1.29, 1.82) is 0 Å². The van der Waals surface area contributed by atoms with E-state index in [-0.39, 0.29) is 0 Å². The molecule has 2 rings (SSSR count). The van der Waals surface area contributed by atoms with Crippen LogP contribution in [0.25, 0.3) is 11.1 Å². The van der Waals surface area contributed by atoms with E-state index in [1.54, 1.807) is 6.20 Å². The van der Waals surface area contributed by atoms with Gasteiger partial charge in [0.1, 0.15) is 5.82 Å². The normalized spacial score (nSPS) is 10.3. The summed E-state index contributed by atoms with van der Waals surface area (Å²) < 4.78 is 0.798. The Bertz CT molecular complexity index is 500. The Morgan fingerprint density at radius 3 is 2.80 bits per heavy atom. The van der Waals surface area contributed by atoms with E-state index < -0.39 is 0 Å². The lowest BCUT2D eigenvalue weighted by atomic mass is 10.1. The standard InChI is InChI=1S/C11H8BrClN2/c12-10-9(4-5-15-11(10)14)7-2-1-3-8(13)6-7/h1-6H,(H2,14,15). The fraction of sp³-hybridized carbons (Fsp3) is 0. The number of halogens is 2. The van der Waals surface area contributed by atoms with E-state index in [0.29, 0.717) is 10.8 Å². The topological polar surface area (TPSA) is 38.9 Å². The highest BCUT2D eigenvalue weighted by molar-refractivity contribution is 9.10. The first-order chi connectivity index (χ1) is 7.18. The van der Waals surface area contributed by atoms with Crippen LogP contribution in [0.1, 0.15) is 0 Å². The SMILES string of the molecule is Nc1nccc(-c2cccc(Cl)c2)c1Br. The molecule has 1 aromatic carbocycles. The molecule has 0 bridgehead atoms. The molecule has 1 aromatic heterocycles. The maximum Gasteiger partial charge on any atom is 0.138 e. The second-order valence-electron chi connectivity index (χ2n) is 3.07. The molecular formula is C11H8BrClN2. The zero-order valence-electron chi connectivity index (χ0n) is 7.74. The maximum absolute atomic E-state index is 5.92. The van der Waals surface area contributed by atoms with Crippen LogP contribution in [0.5, 0.6) is 0 Å². The number of rotatable bonds is 1. The number of pyridine rings is 1. The third-order valence-electron chi connectivity index (χ3n) is 2.05. The minimum Gasteiger partial charge on any atom is -0.383 e. The van der Waals surface area contributed by atoms with Gasteiger partial charge in [0.25, 0.3) is 0 Å². The molecule has 4 heteroatoms. The van der Waals surface area contributed by atoms with Crippen molar-refractivity contribution in [2.75, 3.05) is 5.73 Å². The lowest BCUT2D eigenvalue weighted by Gasteiger charge is -2.06. The zero-order chi connectivity index (χ0) is 10.8. The molecule has 0 amide bonds. The first kappa shape index (κ1) is 10.5. The summed E-state index contributed by atoms with van der Waals surface area (Å²) in [6, 6.07) is 9.50. The number of aromatic nitrogens is 1. The Balaban J connectivity index is 2.59. The summed E-state index contributed by atoms with van der Waals surface area (Å²) in [5, 5.41) is 0.704. The molecule has 0 saturated carbocycles. The van der Waals surface area contributed by atoms with Crippen molar-refractivity contribution in [3.8, 4) is 11.1 Å². The number of hydrogen-bond acceptors (Lipinski definition) is 2. The summed E-state index contributed by atoms with van der Waals surface area (Å²) in [4.78, 5) is 3.99. The van der Waals surface area contributed by atoms with Crippen LogP contribution in [0.2, 0.25) is 5.02 Å². The first-order valence-corrected chi connectivity index (χ1v) is 5.51. The number of anilines is 1. The van der Waals surface area contributed by atoms with Gasteiger partial charge in [-0.05, 0) is 39.7 Å². The Labute approximate surface area is 101 Å². The lowest BCUT2D eigenvalue weighted by molar-refractivity contribution is 1.32. The molecule has 0 fully saturated rings. The van der Waals surface area contributed by atoms with E-state index >= 15 is 0 Å². The number of benzene rings is 1. The van der Waals surface area contributed by atoms with Crippen molar-refractivity contribution in [1.82, 2.24) is 4.98 Å². The quantitative estimate of drug-likeness (QED) is 0.866. The van der Waals surface area contributed by atoms with Crippen molar-refractivity contribution in [2.45, 2.75) is 0 Å². The summed E-state index contributed by atoms with van der Waals surface area (Å²) in [7, 11) is 0. The van der Waals surface area contributed by atoms with Gasteiger partial charge in [-0.25, -0.2) is 4.98 Å². The smallest absolute Gasteiger partial charge is 0.138 e. The largest absolute Gasteiger partial charge is 0.383 e. The van der Waals surface area contributed by atoms with E-state index in [2.05, 4.69) is 20.9 Å². The van der Waals surface area contributed by atoms with Crippen LogP contribution in [0, 0.1) is 0 Å². The fourth-order valence-electron chi connectivity index (χ4n) is 1.34. The van der Waals surface area contributed by atoms with Crippen LogP contribution < -0.4 is 5.73 Å². The molecule has 1 heterocycles. The number of nitrogens with zero attached hydrogens (tertiary/aromatic N) is 1. The van der Waals surface area contributed by atoms with Gasteiger partial charge < -0.3 is 5.73 Å². The van der Waals surface area contributed by atoms with Crippen LogP contribution in [0.4, 0.5) is 5.82 Å². The van der Waals surface area contributed by atoms with Gasteiger partial charge in [0, 0.05) is 16.8 Å². The average Bonchev–Trinajstić information content (AvgIpc) is 2.22. The summed E-state index contributed by atoms with van der Waals surface area (Å²) >= 11 is 9.34. The van der Waals surface area contributed by atoms with Gasteiger partial charge in [-0.1, -0.05) is 23.7 Å². The molecule has 2 nitrogen and oxygen atoms in total. The van der Waals surface area contributed by atoms with Crippen LogP contribution in [0.15, 0.2) is 41.0 Å². The summed E-state index contributed by atoms with van der Waals surface area (Å²) in [5.41, 5.74) is 7.71. The van der Waals surface area contributed by atoms with Gasteiger partial charge >= 0.3 is 0 Å². The minimum atomic E-state index is 0.479. The van der Waals surface area contributed by atoms with Crippen molar-refractivity contribution in [2.24, 2.45) is 0 Å². The van der Waals surface area contributed by atoms with Crippen molar-refractivity contribution >= 4 is 33.3 Å². The van der Waals surface area contributed by atoms with Crippen LogP contribution >= 0.6 is 27.5 Å². The summed E-state index contributed by atoms with van der Waals surface area (Å²) in [5.74, 6) is 0.479. The Kier molecular flexibility index (Phi) is 2.93. The molecule has 0 aliphatic rings. The molecule has 76 valence electrons. The second-order valence-corrected chi connectivity index (χ2v) is 4.30. The zero-order valence-corrected chi connectivity index (χ0v) is 10.1. The number of nitrogen functional groups attached to an aromatic ring is 1. The molecular weight excluding hydrogens is 275 g/mol. The second kappa shape index (κ2) is 4.21. The summed E-state index contributed by atoms with van der Waals surface area (Å²) in [6.07, 6.45) is 1.68. The Hall–Kier alpha value is -1.06. The Morgan fingerprint density at radius 1 is 1.27 bits per heavy atom. The number of nitrogens with two attached hydrogens (primary N) is 1. The third kappa shape index (κ3) is 2.13. The molecule has 0 radical (unpaired) electrons. The van der Waals surface area contributed by atoms with Gasteiger partial charge in [-0.3, -0.25) is 0 Å². The highest BCUT2D eigenvalue weighted by Gasteiger charge is 2.06. The predicted octanol–water partition coefficient (Wildman–Crippen LogP) is 3.75. The van der Waals surface area contributed by atoms with Crippen LogP contribution in [-0.2, 0) is 0 Å². The fourth-order valence-corrected chi connectivity index (χ4v) is 1.99. The van der Waals surface area contributed by atoms with E-state index in [1.807, 2.05) is 30.3 Å². The van der Waals surface area contributed by atoms with Gasteiger partial charge in [-0.2, -0.15) is 0 Å². The average molecular weight is 284 g/mol. The molecule has 0 unspecified atom stereocenters. The van der Waals surface area contributed by atoms with Crippen molar-refractivity contribution < 1.29 is 0 Å². The Morgan fingerprint density at radius 2 is 2.07 bits per heavy atom. The highest BCUT2D eigenvalue weighted by atomic mass is 79.9. The highest BCUT2D eigenvalue weighted by Crippen LogP contribution is 2.32. The molecule has 15 heavy (non-hydrogen) atoms. The van der Waals surface area contributed by atoms with E-state index in [4.69, 9.17) is 17.3 Å². The summed E-state index contributed by atoms with van der Waals surface area (Å²) in [6.45, 7) is 0. The monoisotopic (exact) mass is 282 g/mol. The maximum atomic E-state index is 5.92. The lowest BCUT2D eigenvalue weighted by Crippen LogP contribution is -1.92. The van der Waals surface area contributed by atoms with Gasteiger partial charge in [0.2, 0.25) is 0 Å². The molecule has 0 atom stereocenters. The molecule has 0 aliphatic carbocycles.